The number of nitrogens with zero attached hydrogens (tertiary/aromatic N) is 2. The van der Waals surface area contributed by atoms with E-state index < -0.39 is 0 Å². The summed E-state index contributed by atoms with van der Waals surface area (Å²) in [6.45, 7) is 4.37. The number of aromatic nitrogens is 1. The van der Waals surface area contributed by atoms with E-state index in [0.717, 1.165) is 58.0 Å². The normalized spacial score (nSPS) is 23.3. The first-order valence-corrected chi connectivity index (χ1v) is 10.5. The van der Waals surface area contributed by atoms with Gasteiger partial charge in [0.15, 0.2) is 0 Å². The molecule has 0 saturated heterocycles. The highest BCUT2D eigenvalue weighted by Gasteiger charge is 2.26. The van der Waals surface area contributed by atoms with Gasteiger partial charge in [-0.25, -0.2) is 0 Å². The number of carbonyl (C=O) groups is 1. The third-order valence-electron chi connectivity index (χ3n) is 6.05. The molecular weight excluding hydrogens is 324 g/mol. The van der Waals surface area contributed by atoms with Crippen molar-refractivity contribution in [3.8, 4) is 0 Å². The molecule has 2 heterocycles. The van der Waals surface area contributed by atoms with E-state index in [1.54, 1.807) is 0 Å². The van der Waals surface area contributed by atoms with Crippen molar-refractivity contribution in [2.75, 3.05) is 19.8 Å². The van der Waals surface area contributed by atoms with Crippen molar-refractivity contribution in [3.63, 3.8) is 0 Å². The monoisotopic (exact) mass is 356 g/mol. The standard InChI is InChI=1S/C22H32N2O2/c25-22(13-18-5-2-1-3-6-18)24-15-20(10-12-26-17-19-8-9-19)14-23-11-4-7-21(23)16-24/h4-5,7,11,19-20H,1-3,6,8-10,12-17H2. The van der Waals surface area contributed by atoms with E-state index in [-0.39, 0.29) is 0 Å². The second-order valence-corrected chi connectivity index (χ2v) is 8.38. The lowest BCUT2D eigenvalue weighted by atomic mass is 9.96. The molecule has 1 unspecified atom stereocenters. The lowest BCUT2D eigenvalue weighted by molar-refractivity contribution is -0.131. The smallest absolute Gasteiger partial charge is 0.227 e. The van der Waals surface area contributed by atoms with Crippen LogP contribution in [-0.4, -0.2) is 35.1 Å². The number of hydrogen-bond acceptors (Lipinski definition) is 2. The van der Waals surface area contributed by atoms with Crippen LogP contribution in [0.5, 0.6) is 0 Å². The third-order valence-corrected chi connectivity index (χ3v) is 6.05. The Bertz CT molecular complexity index is 644. The molecule has 142 valence electrons. The Kier molecular flexibility index (Phi) is 5.78. The summed E-state index contributed by atoms with van der Waals surface area (Å²) >= 11 is 0. The van der Waals surface area contributed by atoms with E-state index in [1.165, 1.54) is 37.0 Å². The van der Waals surface area contributed by atoms with Crippen LogP contribution in [0.3, 0.4) is 0 Å². The zero-order valence-electron chi connectivity index (χ0n) is 15.9. The summed E-state index contributed by atoms with van der Waals surface area (Å²) in [6, 6.07) is 4.26. The molecule has 0 N–H and O–H groups in total. The SMILES string of the molecule is O=C(CC1=CCCCC1)N1Cc2cccn2CC(CCOCC2CC2)C1. The van der Waals surface area contributed by atoms with Crippen LogP contribution in [-0.2, 0) is 22.6 Å². The van der Waals surface area contributed by atoms with Gasteiger partial charge in [0.2, 0.25) is 5.91 Å². The first-order chi connectivity index (χ1) is 12.8. The van der Waals surface area contributed by atoms with Gasteiger partial charge in [-0.2, -0.15) is 0 Å². The Balaban J connectivity index is 1.36. The Hall–Kier alpha value is -1.55. The average Bonchev–Trinajstić information content (AvgIpc) is 3.41. The molecule has 26 heavy (non-hydrogen) atoms. The number of amides is 1. The summed E-state index contributed by atoms with van der Waals surface area (Å²) in [5.41, 5.74) is 2.61. The second-order valence-electron chi connectivity index (χ2n) is 8.38. The van der Waals surface area contributed by atoms with Crippen LogP contribution >= 0.6 is 0 Å². The molecular formula is C22H32N2O2. The predicted molar refractivity (Wildman–Crippen MR) is 103 cm³/mol. The topological polar surface area (TPSA) is 34.5 Å². The summed E-state index contributed by atoms with van der Waals surface area (Å²) in [6.07, 6.45) is 13.6. The second kappa shape index (κ2) is 8.43. The van der Waals surface area contributed by atoms with E-state index >= 15 is 0 Å². The Morgan fingerprint density at radius 2 is 2.12 bits per heavy atom. The lowest BCUT2D eigenvalue weighted by Crippen LogP contribution is -2.34. The van der Waals surface area contributed by atoms with E-state index in [0.29, 0.717) is 18.2 Å². The lowest BCUT2D eigenvalue weighted by Gasteiger charge is -2.25. The largest absolute Gasteiger partial charge is 0.381 e. The molecule has 1 atom stereocenters. The molecule has 1 fully saturated rings. The van der Waals surface area contributed by atoms with E-state index in [4.69, 9.17) is 4.74 Å². The third kappa shape index (κ3) is 4.79. The number of carbonyl (C=O) groups excluding carboxylic acids is 1. The fourth-order valence-corrected chi connectivity index (χ4v) is 4.21. The van der Waals surface area contributed by atoms with E-state index in [1.807, 2.05) is 0 Å². The summed E-state index contributed by atoms with van der Waals surface area (Å²) in [5.74, 6) is 1.60. The van der Waals surface area contributed by atoms with Crippen LogP contribution in [0.1, 0.15) is 57.1 Å². The zero-order chi connectivity index (χ0) is 17.8. The van der Waals surface area contributed by atoms with E-state index in [9.17, 15) is 4.79 Å². The van der Waals surface area contributed by atoms with Crippen molar-refractivity contribution in [2.45, 2.75) is 64.5 Å². The number of allylic oxidation sites excluding steroid dienone is 1. The maximum Gasteiger partial charge on any atom is 0.227 e. The van der Waals surface area contributed by atoms with Crippen LogP contribution in [0.4, 0.5) is 0 Å². The van der Waals surface area contributed by atoms with Crippen LogP contribution in [0.15, 0.2) is 30.0 Å². The minimum absolute atomic E-state index is 0.302. The van der Waals surface area contributed by atoms with Crippen molar-refractivity contribution in [3.05, 3.63) is 35.7 Å². The Morgan fingerprint density at radius 1 is 1.19 bits per heavy atom. The number of rotatable bonds is 7. The molecule has 0 radical (unpaired) electrons. The quantitative estimate of drug-likeness (QED) is 0.543. The molecule has 0 spiro atoms. The van der Waals surface area contributed by atoms with Crippen molar-refractivity contribution in [1.29, 1.82) is 0 Å². The summed E-state index contributed by atoms with van der Waals surface area (Å²) in [4.78, 5) is 15.1. The summed E-state index contributed by atoms with van der Waals surface area (Å²) < 4.78 is 8.20. The Labute approximate surface area is 157 Å². The van der Waals surface area contributed by atoms with Gasteiger partial charge in [0, 0.05) is 44.6 Å². The van der Waals surface area contributed by atoms with Gasteiger partial charge in [-0.3, -0.25) is 4.79 Å². The van der Waals surface area contributed by atoms with Gasteiger partial charge in [-0.05, 0) is 68.9 Å². The molecule has 1 aromatic rings. The average molecular weight is 357 g/mol. The summed E-state index contributed by atoms with van der Waals surface area (Å²) in [5, 5.41) is 0. The molecule has 0 bridgehead atoms. The van der Waals surface area contributed by atoms with Crippen molar-refractivity contribution in [2.24, 2.45) is 11.8 Å². The van der Waals surface area contributed by atoms with Crippen LogP contribution in [0.2, 0.25) is 0 Å². The number of fused-ring (bicyclic) bond motifs is 1. The molecule has 2 aliphatic carbocycles. The van der Waals surface area contributed by atoms with Crippen LogP contribution in [0.25, 0.3) is 0 Å². The molecule has 4 nitrogen and oxygen atoms in total. The minimum atomic E-state index is 0.302. The fraction of sp³-hybridized carbons (Fsp3) is 0.682. The zero-order valence-corrected chi connectivity index (χ0v) is 15.9. The fourth-order valence-electron chi connectivity index (χ4n) is 4.21. The summed E-state index contributed by atoms with van der Waals surface area (Å²) in [7, 11) is 0. The predicted octanol–water partition coefficient (Wildman–Crippen LogP) is 4.15. The first kappa shape index (κ1) is 17.8. The highest BCUT2D eigenvalue weighted by molar-refractivity contribution is 5.78. The van der Waals surface area contributed by atoms with Gasteiger partial charge in [0.05, 0.1) is 6.54 Å². The van der Waals surface area contributed by atoms with Crippen LogP contribution < -0.4 is 0 Å². The van der Waals surface area contributed by atoms with Crippen molar-refractivity contribution < 1.29 is 9.53 Å². The van der Waals surface area contributed by atoms with Gasteiger partial charge >= 0.3 is 0 Å². The number of hydrogen-bond donors (Lipinski definition) is 0. The number of ether oxygens (including phenoxy) is 1. The van der Waals surface area contributed by atoms with Gasteiger partial charge in [0.25, 0.3) is 0 Å². The van der Waals surface area contributed by atoms with Crippen LogP contribution in [0, 0.1) is 11.8 Å². The van der Waals surface area contributed by atoms with Gasteiger partial charge in [-0.15, -0.1) is 0 Å². The molecule has 1 saturated carbocycles. The Morgan fingerprint density at radius 3 is 2.92 bits per heavy atom. The van der Waals surface area contributed by atoms with Crippen molar-refractivity contribution in [1.82, 2.24) is 9.47 Å². The molecule has 3 aliphatic rings. The molecule has 1 aliphatic heterocycles. The maximum absolute atomic E-state index is 13.0. The molecule has 1 aromatic heterocycles. The molecule has 1 amide bonds. The van der Waals surface area contributed by atoms with E-state index in [2.05, 4.69) is 33.9 Å². The highest BCUT2D eigenvalue weighted by Crippen LogP contribution is 2.29. The van der Waals surface area contributed by atoms with Crippen molar-refractivity contribution >= 4 is 5.91 Å². The van der Waals surface area contributed by atoms with Gasteiger partial charge in [0.1, 0.15) is 0 Å². The maximum atomic E-state index is 13.0. The minimum Gasteiger partial charge on any atom is -0.381 e. The first-order valence-electron chi connectivity index (χ1n) is 10.5. The molecule has 4 rings (SSSR count). The van der Waals surface area contributed by atoms with Gasteiger partial charge in [-0.1, -0.05) is 11.6 Å². The molecule has 4 heteroatoms. The van der Waals surface area contributed by atoms with Gasteiger partial charge < -0.3 is 14.2 Å². The molecule has 0 aromatic carbocycles. The highest BCUT2D eigenvalue weighted by atomic mass is 16.5.